The summed E-state index contributed by atoms with van der Waals surface area (Å²) in [6.07, 6.45) is 2.09. The largest absolute Gasteiger partial charge is 0.333 e. The van der Waals surface area contributed by atoms with E-state index in [1.54, 1.807) is 11.8 Å². The summed E-state index contributed by atoms with van der Waals surface area (Å²) in [4.78, 5) is 4.80. The van der Waals surface area contributed by atoms with Crippen molar-refractivity contribution in [1.82, 2.24) is 0 Å². The Hall–Kier alpha value is 0.1000. The van der Waals surface area contributed by atoms with Crippen LogP contribution in [-0.4, -0.2) is 16.5 Å². The topological polar surface area (TPSA) is 24.4 Å². The van der Waals surface area contributed by atoms with E-state index in [-0.39, 0.29) is 5.54 Å². The van der Waals surface area contributed by atoms with Crippen molar-refractivity contribution in [2.45, 2.75) is 32.2 Å². The van der Waals surface area contributed by atoms with E-state index >= 15 is 0 Å². The van der Waals surface area contributed by atoms with Crippen LogP contribution in [0.3, 0.4) is 0 Å². The molecule has 1 aliphatic rings. The molecule has 1 aromatic rings. The van der Waals surface area contributed by atoms with Gasteiger partial charge in [-0.2, -0.15) is 0 Å². The quantitative estimate of drug-likeness (QED) is 0.712. The van der Waals surface area contributed by atoms with E-state index in [4.69, 9.17) is 28.2 Å². The maximum Gasteiger partial charge on any atom is 0.161 e. The Bertz CT molecular complexity index is 492. The molecule has 104 valence electrons. The van der Waals surface area contributed by atoms with Gasteiger partial charge in [0, 0.05) is 10.2 Å². The van der Waals surface area contributed by atoms with Gasteiger partial charge in [-0.25, -0.2) is 0 Å². The zero-order valence-electron chi connectivity index (χ0n) is 10.8. The van der Waals surface area contributed by atoms with Crippen LogP contribution in [0, 0.1) is 0 Å². The minimum atomic E-state index is 0.0569. The third-order valence-electron chi connectivity index (χ3n) is 3.37. The minimum absolute atomic E-state index is 0.0569. The lowest BCUT2D eigenvalue weighted by atomic mass is 9.97. The van der Waals surface area contributed by atoms with Crippen LogP contribution in [0.1, 0.15) is 26.7 Å². The van der Waals surface area contributed by atoms with Gasteiger partial charge in [-0.15, -0.1) is 0 Å². The molecule has 0 spiro atoms. The fraction of sp³-hybridized carbons (Fsp3) is 0.462. The highest BCUT2D eigenvalue weighted by atomic mass is 79.9. The second-order valence-corrected chi connectivity index (χ2v) is 7.20. The average Bonchev–Trinajstić information content (AvgIpc) is 2.78. The molecule has 0 unspecified atom stereocenters. The number of hydrogen-bond acceptors (Lipinski definition) is 3. The summed E-state index contributed by atoms with van der Waals surface area (Å²) < 4.78 is 0.866. The second-order valence-electron chi connectivity index (χ2n) is 4.51. The number of rotatable bonds is 3. The molecule has 0 fully saturated rings. The Morgan fingerprint density at radius 3 is 2.37 bits per heavy atom. The predicted octanol–water partition coefficient (Wildman–Crippen LogP) is 5.83. The lowest BCUT2D eigenvalue weighted by molar-refractivity contribution is 0.456. The van der Waals surface area contributed by atoms with Crippen LogP contribution in [-0.2, 0) is 0 Å². The normalized spacial score (nSPS) is 17.4. The number of nitrogens with one attached hydrogen (secondary N) is 1. The molecule has 0 aromatic heterocycles. The molecule has 1 heterocycles. The molecular formula is C13H15BrCl2N2S. The van der Waals surface area contributed by atoms with Crippen molar-refractivity contribution in [2.24, 2.45) is 4.99 Å². The number of aliphatic imine (C=N–C) groups is 1. The van der Waals surface area contributed by atoms with Gasteiger partial charge >= 0.3 is 0 Å². The molecular weight excluding hydrogens is 367 g/mol. The van der Waals surface area contributed by atoms with Gasteiger partial charge in [-0.3, -0.25) is 4.99 Å². The van der Waals surface area contributed by atoms with Gasteiger partial charge in [0.2, 0.25) is 0 Å². The molecule has 2 nitrogen and oxygen atoms in total. The molecule has 0 atom stereocenters. The van der Waals surface area contributed by atoms with Gasteiger partial charge in [-0.05, 0) is 25.0 Å². The Morgan fingerprint density at radius 2 is 1.89 bits per heavy atom. The van der Waals surface area contributed by atoms with Gasteiger partial charge in [0.05, 0.1) is 21.3 Å². The fourth-order valence-corrected chi connectivity index (χ4v) is 4.54. The van der Waals surface area contributed by atoms with Crippen LogP contribution in [0.4, 0.5) is 5.69 Å². The Labute approximate surface area is 136 Å². The van der Waals surface area contributed by atoms with Crippen molar-refractivity contribution in [3.8, 4) is 0 Å². The number of anilines is 1. The summed E-state index contributed by atoms with van der Waals surface area (Å²) in [5, 5.41) is 5.34. The Morgan fingerprint density at radius 1 is 1.32 bits per heavy atom. The molecule has 1 aliphatic heterocycles. The summed E-state index contributed by atoms with van der Waals surface area (Å²) in [5.41, 5.74) is 0.780. The Balaban J connectivity index is 2.24. The second kappa shape index (κ2) is 6.25. The Kier molecular flexibility index (Phi) is 5.09. The summed E-state index contributed by atoms with van der Waals surface area (Å²) in [6.45, 7) is 4.35. The van der Waals surface area contributed by atoms with Gasteiger partial charge < -0.3 is 5.32 Å². The molecule has 1 N–H and O–H groups in total. The van der Waals surface area contributed by atoms with E-state index in [0.29, 0.717) is 10.0 Å². The highest BCUT2D eigenvalue weighted by Gasteiger charge is 2.32. The molecule has 0 saturated heterocycles. The first-order valence-electron chi connectivity index (χ1n) is 6.14. The maximum absolute atomic E-state index is 6.21. The molecule has 1 aromatic carbocycles. The summed E-state index contributed by atoms with van der Waals surface area (Å²) >= 11 is 17.5. The molecule has 0 aliphatic carbocycles. The van der Waals surface area contributed by atoms with Crippen molar-refractivity contribution in [2.75, 3.05) is 11.1 Å². The summed E-state index contributed by atoms with van der Waals surface area (Å²) in [6, 6.07) is 3.64. The lowest BCUT2D eigenvalue weighted by Gasteiger charge is -2.20. The van der Waals surface area contributed by atoms with E-state index in [0.717, 1.165) is 33.9 Å². The van der Waals surface area contributed by atoms with E-state index in [1.165, 1.54) is 0 Å². The van der Waals surface area contributed by atoms with Gasteiger partial charge in [0.25, 0.3) is 0 Å². The zero-order valence-corrected chi connectivity index (χ0v) is 14.7. The first-order valence-corrected chi connectivity index (χ1v) is 8.67. The molecule has 0 amide bonds. The maximum atomic E-state index is 6.21. The van der Waals surface area contributed by atoms with Crippen LogP contribution < -0.4 is 5.32 Å². The minimum Gasteiger partial charge on any atom is -0.333 e. The zero-order chi connectivity index (χ0) is 14.0. The third-order valence-corrected chi connectivity index (χ3v) is 5.57. The van der Waals surface area contributed by atoms with Gasteiger partial charge in [-0.1, -0.05) is 64.7 Å². The van der Waals surface area contributed by atoms with Crippen molar-refractivity contribution >= 4 is 61.7 Å². The fourth-order valence-electron chi connectivity index (χ4n) is 1.93. The number of benzene rings is 1. The number of amidine groups is 1. The predicted molar refractivity (Wildman–Crippen MR) is 91.0 cm³/mol. The van der Waals surface area contributed by atoms with E-state index in [1.807, 2.05) is 12.1 Å². The van der Waals surface area contributed by atoms with Crippen LogP contribution >= 0.6 is 50.9 Å². The molecule has 19 heavy (non-hydrogen) atoms. The number of hydrogen-bond donors (Lipinski definition) is 1. The van der Waals surface area contributed by atoms with Crippen molar-refractivity contribution < 1.29 is 0 Å². The molecule has 0 bridgehead atoms. The summed E-state index contributed by atoms with van der Waals surface area (Å²) in [7, 11) is 0. The lowest BCUT2D eigenvalue weighted by Crippen LogP contribution is -2.24. The van der Waals surface area contributed by atoms with E-state index in [9.17, 15) is 0 Å². The van der Waals surface area contributed by atoms with Crippen LogP contribution in [0.25, 0.3) is 0 Å². The SMILES string of the molecule is CCC1(CC)CSC(Nc2c(Cl)cc(Br)cc2Cl)=N1. The van der Waals surface area contributed by atoms with Crippen molar-refractivity contribution in [3.05, 3.63) is 26.7 Å². The number of halogens is 3. The number of nitrogens with zero attached hydrogens (tertiary/aromatic N) is 1. The van der Waals surface area contributed by atoms with E-state index in [2.05, 4.69) is 35.1 Å². The van der Waals surface area contributed by atoms with Crippen LogP contribution in [0.2, 0.25) is 10.0 Å². The average molecular weight is 382 g/mol. The van der Waals surface area contributed by atoms with E-state index < -0.39 is 0 Å². The van der Waals surface area contributed by atoms with Crippen LogP contribution in [0.5, 0.6) is 0 Å². The van der Waals surface area contributed by atoms with Crippen molar-refractivity contribution in [1.29, 1.82) is 0 Å². The standard InChI is InChI=1S/C13H15BrCl2N2S/c1-3-13(4-2)7-19-12(18-13)17-11-9(15)5-8(14)6-10(11)16/h5-6H,3-4,7H2,1-2H3,(H,17,18). The van der Waals surface area contributed by atoms with Gasteiger partial charge in [0.15, 0.2) is 5.17 Å². The van der Waals surface area contributed by atoms with Gasteiger partial charge in [0.1, 0.15) is 0 Å². The molecule has 6 heteroatoms. The first-order chi connectivity index (χ1) is 8.99. The molecule has 2 rings (SSSR count). The highest BCUT2D eigenvalue weighted by molar-refractivity contribution is 9.10. The highest BCUT2D eigenvalue weighted by Crippen LogP contribution is 2.38. The monoisotopic (exact) mass is 380 g/mol. The first kappa shape index (κ1) is 15.5. The van der Waals surface area contributed by atoms with Crippen LogP contribution in [0.15, 0.2) is 21.6 Å². The third kappa shape index (κ3) is 3.41. The molecule has 0 radical (unpaired) electrons. The summed E-state index contributed by atoms with van der Waals surface area (Å²) in [5.74, 6) is 1.01. The van der Waals surface area contributed by atoms with Crippen molar-refractivity contribution in [3.63, 3.8) is 0 Å². The smallest absolute Gasteiger partial charge is 0.161 e. The number of thioether (sulfide) groups is 1. The molecule has 0 saturated carbocycles.